The number of nitro groups is 1. The van der Waals surface area contributed by atoms with Crippen molar-refractivity contribution in [1.29, 1.82) is 5.26 Å². The number of nitrogens with zero attached hydrogens (tertiary/aromatic N) is 3. The number of rotatable bonds is 5. The first-order valence-corrected chi connectivity index (χ1v) is 10.7. The van der Waals surface area contributed by atoms with Crippen molar-refractivity contribution in [2.45, 2.75) is 6.04 Å². The predicted molar refractivity (Wildman–Crippen MR) is 129 cm³/mol. The second-order valence-corrected chi connectivity index (χ2v) is 8.09. The van der Waals surface area contributed by atoms with Gasteiger partial charge in [-0.3, -0.25) is 24.6 Å². The van der Waals surface area contributed by atoms with Crippen LogP contribution < -0.4 is 9.64 Å². The highest BCUT2D eigenvalue weighted by atomic mass is 35.5. The van der Waals surface area contributed by atoms with Crippen molar-refractivity contribution in [3.63, 3.8) is 0 Å². The molecule has 4 rings (SSSR count). The SMILES string of the molecule is COc1ccc(/C(O)=C2/C(=O)C(=O)N(c3ccc(C#N)cc3)C2c2ccc(O)c([N+](=O)[O-])c2)cc1Cl. The summed E-state index contributed by atoms with van der Waals surface area (Å²) in [5, 5.41) is 41.8. The molecule has 1 atom stereocenters. The number of aliphatic hydroxyl groups excluding tert-OH is 1. The number of methoxy groups -OCH3 is 1. The Labute approximate surface area is 209 Å². The van der Waals surface area contributed by atoms with Crippen LogP contribution in [0.5, 0.6) is 11.5 Å². The summed E-state index contributed by atoms with van der Waals surface area (Å²) in [7, 11) is 1.40. The smallest absolute Gasteiger partial charge is 0.311 e. The number of nitro benzene ring substituents is 1. The van der Waals surface area contributed by atoms with Gasteiger partial charge in [0.1, 0.15) is 11.5 Å². The van der Waals surface area contributed by atoms with Gasteiger partial charge in [-0.25, -0.2) is 0 Å². The number of nitriles is 1. The first kappa shape index (κ1) is 24.3. The molecule has 10 nitrogen and oxygen atoms in total. The number of aromatic hydroxyl groups is 1. The van der Waals surface area contributed by atoms with Crippen LogP contribution in [0.3, 0.4) is 0 Å². The number of ketones is 1. The van der Waals surface area contributed by atoms with E-state index in [-0.39, 0.29) is 27.4 Å². The summed E-state index contributed by atoms with van der Waals surface area (Å²) in [6.07, 6.45) is 0. The van der Waals surface area contributed by atoms with Crippen LogP contribution in [-0.4, -0.2) is 33.9 Å². The Morgan fingerprint density at radius 3 is 2.42 bits per heavy atom. The Bertz CT molecular complexity index is 1490. The molecule has 0 saturated carbocycles. The van der Waals surface area contributed by atoms with E-state index in [1.54, 1.807) is 0 Å². The molecule has 0 aromatic heterocycles. The van der Waals surface area contributed by atoms with Gasteiger partial charge in [0.2, 0.25) is 0 Å². The highest BCUT2D eigenvalue weighted by molar-refractivity contribution is 6.51. The fraction of sp³-hybridized carbons (Fsp3) is 0.0800. The van der Waals surface area contributed by atoms with E-state index in [4.69, 9.17) is 21.6 Å². The predicted octanol–water partition coefficient (Wildman–Crippen LogP) is 4.46. The first-order valence-electron chi connectivity index (χ1n) is 10.3. The van der Waals surface area contributed by atoms with Gasteiger partial charge in [-0.05, 0) is 54.1 Å². The number of aliphatic hydroxyl groups is 1. The van der Waals surface area contributed by atoms with Crippen LogP contribution in [0.2, 0.25) is 5.02 Å². The van der Waals surface area contributed by atoms with Crippen LogP contribution in [0, 0.1) is 21.4 Å². The van der Waals surface area contributed by atoms with Gasteiger partial charge in [0.25, 0.3) is 11.7 Å². The molecule has 1 fully saturated rings. The van der Waals surface area contributed by atoms with E-state index in [1.165, 1.54) is 55.6 Å². The van der Waals surface area contributed by atoms with E-state index in [0.717, 1.165) is 17.0 Å². The average Bonchev–Trinajstić information content (AvgIpc) is 3.14. The minimum atomic E-state index is -1.29. The second kappa shape index (κ2) is 9.40. The lowest BCUT2D eigenvalue weighted by atomic mass is 9.94. The molecule has 180 valence electrons. The van der Waals surface area contributed by atoms with Crippen molar-refractivity contribution in [3.05, 3.63) is 98.1 Å². The van der Waals surface area contributed by atoms with Crippen molar-refractivity contribution in [1.82, 2.24) is 0 Å². The number of hydrogen-bond donors (Lipinski definition) is 2. The van der Waals surface area contributed by atoms with Crippen LogP contribution in [0.4, 0.5) is 11.4 Å². The fourth-order valence-corrected chi connectivity index (χ4v) is 4.19. The molecule has 1 unspecified atom stereocenters. The number of carbonyl (C=O) groups excluding carboxylic acids is 2. The number of halogens is 1. The quantitative estimate of drug-likeness (QED) is 0.169. The third-order valence-corrected chi connectivity index (χ3v) is 5.95. The van der Waals surface area contributed by atoms with Gasteiger partial charge in [-0.1, -0.05) is 17.7 Å². The van der Waals surface area contributed by atoms with E-state index in [0.29, 0.717) is 11.3 Å². The highest BCUT2D eigenvalue weighted by Crippen LogP contribution is 2.44. The van der Waals surface area contributed by atoms with E-state index in [1.807, 2.05) is 6.07 Å². The van der Waals surface area contributed by atoms with Crippen molar-refractivity contribution >= 4 is 40.4 Å². The first-order chi connectivity index (χ1) is 17.2. The zero-order chi connectivity index (χ0) is 26.1. The molecule has 36 heavy (non-hydrogen) atoms. The molecule has 0 aliphatic carbocycles. The summed E-state index contributed by atoms with van der Waals surface area (Å²) in [4.78, 5) is 38.1. The summed E-state index contributed by atoms with van der Waals surface area (Å²) in [6.45, 7) is 0. The number of carbonyl (C=O) groups is 2. The molecular formula is C25H16ClN3O7. The van der Waals surface area contributed by atoms with Crippen molar-refractivity contribution in [3.8, 4) is 17.6 Å². The Balaban J connectivity index is 1.98. The van der Waals surface area contributed by atoms with E-state index in [9.17, 15) is 29.9 Å². The third-order valence-electron chi connectivity index (χ3n) is 5.66. The summed E-state index contributed by atoms with van der Waals surface area (Å²) in [6, 6.07) is 14.1. The zero-order valence-electron chi connectivity index (χ0n) is 18.5. The maximum atomic E-state index is 13.2. The van der Waals surface area contributed by atoms with Crippen LogP contribution in [0.1, 0.15) is 22.7 Å². The molecule has 0 radical (unpaired) electrons. The third kappa shape index (κ3) is 4.08. The number of benzene rings is 3. The van der Waals surface area contributed by atoms with Gasteiger partial charge in [-0.2, -0.15) is 5.26 Å². The Morgan fingerprint density at radius 1 is 1.14 bits per heavy atom. The molecule has 1 heterocycles. The van der Waals surface area contributed by atoms with Gasteiger partial charge in [-0.15, -0.1) is 0 Å². The van der Waals surface area contributed by atoms with Crippen LogP contribution in [0.25, 0.3) is 5.76 Å². The summed E-state index contributed by atoms with van der Waals surface area (Å²) in [5.41, 5.74) is -0.277. The molecule has 11 heteroatoms. The minimum absolute atomic E-state index is 0.0872. The second-order valence-electron chi connectivity index (χ2n) is 7.68. The van der Waals surface area contributed by atoms with Crippen molar-refractivity contribution in [2.24, 2.45) is 0 Å². The van der Waals surface area contributed by atoms with E-state index < -0.39 is 39.9 Å². The van der Waals surface area contributed by atoms with Gasteiger partial charge < -0.3 is 14.9 Å². The summed E-state index contributed by atoms with van der Waals surface area (Å²) >= 11 is 6.17. The number of anilines is 1. The lowest BCUT2D eigenvalue weighted by Gasteiger charge is -2.25. The number of ether oxygens (including phenoxy) is 1. The Hall–Kier alpha value is -4.88. The topological polar surface area (TPSA) is 154 Å². The molecule has 2 N–H and O–H groups in total. The number of phenols is 1. The average molecular weight is 506 g/mol. The standard InChI is InChI=1S/C25H16ClN3O7/c1-36-20-9-5-15(10-17(20)26)23(31)21-22(14-4-8-19(30)18(11-14)29(34)35)28(25(33)24(21)32)16-6-2-13(12-27)3-7-16/h2-11,22,30-31H,1H3/b23-21-. The number of hydrogen-bond acceptors (Lipinski definition) is 8. The van der Waals surface area contributed by atoms with Gasteiger partial charge in [0, 0.05) is 17.3 Å². The van der Waals surface area contributed by atoms with Crippen molar-refractivity contribution < 1.29 is 29.5 Å². The molecule has 1 aliphatic heterocycles. The number of amides is 1. The molecular weight excluding hydrogens is 490 g/mol. The van der Waals surface area contributed by atoms with E-state index in [2.05, 4.69) is 0 Å². The lowest BCUT2D eigenvalue weighted by Crippen LogP contribution is -2.29. The monoisotopic (exact) mass is 505 g/mol. The van der Waals surface area contributed by atoms with Crippen LogP contribution in [0.15, 0.2) is 66.2 Å². The fourth-order valence-electron chi connectivity index (χ4n) is 3.94. The number of Topliss-reactive ketones (excluding diaryl/α,β-unsaturated/α-hetero) is 1. The van der Waals surface area contributed by atoms with Gasteiger partial charge >= 0.3 is 5.69 Å². The number of phenolic OH excluding ortho intramolecular Hbond substituents is 1. The molecule has 0 spiro atoms. The molecule has 0 bridgehead atoms. The molecule has 1 aliphatic rings. The maximum Gasteiger partial charge on any atom is 0.311 e. The molecule has 3 aromatic carbocycles. The normalized spacial score (nSPS) is 16.6. The Morgan fingerprint density at radius 2 is 1.83 bits per heavy atom. The summed E-state index contributed by atoms with van der Waals surface area (Å²) < 4.78 is 5.11. The lowest BCUT2D eigenvalue weighted by molar-refractivity contribution is -0.385. The Kier molecular flexibility index (Phi) is 6.33. The summed E-state index contributed by atoms with van der Waals surface area (Å²) in [5.74, 6) is -2.89. The van der Waals surface area contributed by atoms with Gasteiger partial charge in [0.05, 0.1) is 40.3 Å². The van der Waals surface area contributed by atoms with Gasteiger partial charge in [0.15, 0.2) is 5.75 Å². The zero-order valence-corrected chi connectivity index (χ0v) is 19.3. The van der Waals surface area contributed by atoms with Crippen LogP contribution >= 0.6 is 11.6 Å². The highest BCUT2D eigenvalue weighted by Gasteiger charge is 2.47. The van der Waals surface area contributed by atoms with E-state index >= 15 is 0 Å². The molecule has 1 saturated heterocycles. The minimum Gasteiger partial charge on any atom is -0.507 e. The molecule has 1 amide bonds. The van der Waals surface area contributed by atoms with Crippen molar-refractivity contribution in [2.75, 3.05) is 12.0 Å². The van der Waals surface area contributed by atoms with Crippen LogP contribution in [-0.2, 0) is 9.59 Å². The largest absolute Gasteiger partial charge is 0.507 e. The molecule has 3 aromatic rings. The maximum absolute atomic E-state index is 13.2.